The molecule has 7 nitrogen and oxygen atoms in total. The lowest BCUT2D eigenvalue weighted by Gasteiger charge is -2.29. The molecule has 0 bridgehead atoms. The van der Waals surface area contributed by atoms with Crippen molar-refractivity contribution >= 4 is 27.9 Å². The van der Waals surface area contributed by atoms with Crippen LogP contribution < -0.4 is 5.32 Å². The zero-order chi connectivity index (χ0) is 17.1. The van der Waals surface area contributed by atoms with Crippen LogP contribution in [0.15, 0.2) is 10.8 Å². The zero-order valence-corrected chi connectivity index (χ0v) is 15.4. The first-order chi connectivity index (χ1) is 10.8. The first kappa shape index (κ1) is 17.8. The van der Waals surface area contributed by atoms with Crippen molar-refractivity contribution in [2.75, 3.05) is 7.11 Å². The zero-order valence-electron chi connectivity index (χ0n) is 13.8. The van der Waals surface area contributed by atoms with Crippen LogP contribution >= 0.6 is 15.9 Å². The molecule has 2 N–H and O–H groups in total. The highest BCUT2D eigenvalue weighted by Crippen LogP contribution is 2.36. The third kappa shape index (κ3) is 4.46. The molecule has 1 saturated carbocycles. The van der Waals surface area contributed by atoms with Crippen LogP contribution in [-0.4, -0.2) is 46.1 Å². The Morgan fingerprint density at radius 1 is 1.57 bits per heavy atom. The Labute approximate surface area is 144 Å². The largest absolute Gasteiger partial charge is 0.453 e. The van der Waals surface area contributed by atoms with Crippen molar-refractivity contribution < 1.29 is 14.3 Å². The van der Waals surface area contributed by atoms with E-state index in [1.807, 2.05) is 13.8 Å². The van der Waals surface area contributed by atoms with Gasteiger partial charge in [-0.3, -0.25) is 4.79 Å². The number of alkyl carbamates (subject to hydrolysis) is 1. The van der Waals surface area contributed by atoms with Gasteiger partial charge >= 0.3 is 6.09 Å². The van der Waals surface area contributed by atoms with Crippen LogP contribution in [0, 0.1) is 11.8 Å². The van der Waals surface area contributed by atoms with E-state index < -0.39 is 12.1 Å². The number of H-pyrrole nitrogens is 1. The van der Waals surface area contributed by atoms with Crippen LogP contribution in [0.5, 0.6) is 0 Å². The maximum atomic E-state index is 13.0. The molecule has 1 aromatic rings. The number of halogens is 1. The number of aromatic nitrogens is 2. The van der Waals surface area contributed by atoms with Crippen LogP contribution in [0.1, 0.15) is 33.0 Å². The van der Waals surface area contributed by atoms with Gasteiger partial charge in [0.25, 0.3) is 0 Å². The second-order valence-electron chi connectivity index (χ2n) is 6.28. The fourth-order valence-electron chi connectivity index (χ4n) is 2.55. The minimum Gasteiger partial charge on any atom is -0.453 e. The number of nitrogens with zero attached hydrogens (tertiary/aromatic N) is 2. The van der Waals surface area contributed by atoms with Crippen molar-refractivity contribution in [3.05, 3.63) is 16.6 Å². The summed E-state index contributed by atoms with van der Waals surface area (Å²) in [7, 11) is 1.29. The molecule has 1 fully saturated rings. The number of methoxy groups -OCH3 is 1. The molecule has 0 aromatic carbocycles. The van der Waals surface area contributed by atoms with Crippen molar-refractivity contribution in [1.29, 1.82) is 0 Å². The number of amides is 2. The number of carbonyl (C=O) groups is 2. The average molecular weight is 387 g/mol. The molecule has 1 heterocycles. The van der Waals surface area contributed by atoms with Crippen LogP contribution in [0.3, 0.4) is 0 Å². The van der Waals surface area contributed by atoms with E-state index in [0.717, 1.165) is 11.0 Å². The van der Waals surface area contributed by atoms with Crippen LogP contribution in [-0.2, 0) is 16.1 Å². The highest BCUT2D eigenvalue weighted by Gasteiger charge is 2.43. The smallest absolute Gasteiger partial charge is 0.407 e. The van der Waals surface area contributed by atoms with Gasteiger partial charge in [-0.15, -0.1) is 0 Å². The summed E-state index contributed by atoms with van der Waals surface area (Å²) in [4.78, 5) is 33.6. The molecule has 0 saturated heterocycles. The van der Waals surface area contributed by atoms with E-state index in [9.17, 15) is 9.59 Å². The van der Waals surface area contributed by atoms with Gasteiger partial charge < -0.3 is 19.9 Å². The van der Waals surface area contributed by atoms with Gasteiger partial charge in [0.15, 0.2) is 0 Å². The molecule has 1 aliphatic rings. The summed E-state index contributed by atoms with van der Waals surface area (Å²) < 4.78 is 5.41. The standard InChI is InChI=1S/C15H23BrN4O3/c1-8(2)13(19-15(22)23-4)14(21)20(10-5-9(10)3)7-12-17-6-11(16)18-12/h6,8-10,13H,5,7H2,1-4H3,(H,17,18)(H,19,22)/t9?,10?,13-/m0/s1. The molecule has 1 aromatic heterocycles. The van der Waals surface area contributed by atoms with Gasteiger partial charge in [0.2, 0.25) is 5.91 Å². The van der Waals surface area contributed by atoms with E-state index in [-0.39, 0.29) is 17.9 Å². The molecular weight excluding hydrogens is 364 g/mol. The number of rotatable bonds is 6. The number of aromatic amines is 1. The van der Waals surface area contributed by atoms with Crippen molar-refractivity contribution in [1.82, 2.24) is 20.2 Å². The summed E-state index contributed by atoms with van der Waals surface area (Å²) in [6, 6.07) is -0.430. The number of hydrogen-bond acceptors (Lipinski definition) is 4. The predicted octanol–water partition coefficient (Wildman–Crippen LogP) is 2.29. The molecule has 2 amide bonds. The Hall–Kier alpha value is -1.57. The Balaban J connectivity index is 2.15. The predicted molar refractivity (Wildman–Crippen MR) is 88.6 cm³/mol. The molecule has 3 atom stereocenters. The summed E-state index contributed by atoms with van der Waals surface area (Å²) in [5.74, 6) is 1.03. The Morgan fingerprint density at radius 2 is 2.22 bits per heavy atom. The molecule has 0 spiro atoms. The quantitative estimate of drug-likeness (QED) is 0.784. The van der Waals surface area contributed by atoms with Gasteiger partial charge in [-0.1, -0.05) is 20.8 Å². The molecule has 0 aliphatic heterocycles. The van der Waals surface area contributed by atoms with E-state index in [2.05, 4.69) is 42.9 Å². The van der Waals surface area contributed by atoms with Gasteiger partial charge in [0.05, 0.1) is 19.9 Å². The van der Waals surface area contributed by atoms with E-state index >= 15 is 0 Å². The summed E-state index contributed by atoms with van der Waals surface area (Å²) in [5.41, 5.74) is 0. The molecular formula is C15H23BrN4O3. The molecule has 128 valence electrons. The number of nitrogens with one attached hydrogen (secondary N) is 2. The minimum atomic E-state index is -0.617. The van der Waals surface area contributed by atoms with Crippen molar-refractivity contribution in [3.8, 4) is 0 Å². The fourth-order valence-corrected chi connectivity index (χ4v) is 2.88. The topological polar surface area (TPSA) is 87.3 Å². The van der Waals surface area contributed by atoms with Crippen molar-refractivity contribution in [3.63, 3.8) is 0 Å². The number of ether oxygens (including phenoxy) is 1. The average Bonchev–Trinajstić information content (AvgIpc) is 3.07. The van der Waals surface area contributed by atoms with E-state index in [4.69, 9.17) is 0 Å². The molecule has 23 heavy (non-hydrogen) atoms. The van der Waals surface area contributed by atoms with Crippen molar-refractivity contribution in [2.45, 2.75) is 45.8 Å². The first-order valence-electron chi connectivity index (χ1n) is 7.67. The SMILES string of the molecule is COC(=O)N[C@H](C(=O)N(Cc1ncc(Br)[nH]1)C1CC1C)C(C)C. The summed E-state index contributed by atoms with van der Waals surface area (Å²) in [5, 5.41) is 2.64. The van der Waals surface area contributed by atoms with Crippen LogP contribution in [0.2, 0.25) is 0 Å². The fraction of sp³-hybridized carbons (Fsp3) is 0.667. The molecule has 2 rings (SSSR count). The van der Waals surface area contributed by atoms with Gasteiger partial charge in [0, 0.05) is 6.04 Å². The van der Waals surface area contributed by atoms with Crippen molar-refractivity contribution in [2.24, 2.45) is 11.8 Å². The van der Waals surface area contributed by atoms with E-state index in [0.29, 0.717) is 18.3 Å². The third-order valence-corrected chi connectivity index (χ3v) is 4.46. The maximum absolute atomic E-state index is 13.0. The Morgan fingerprint density at radius 3 is 2.65 bits per heavy atom. The minimum absolute atomic E-state index is 0.0403. The first-order valence-corrected chi connectivity index (χ1v) is 8.47. The van der Waals surface area contributed by atoms with Gasteiger partial charge in [0.1, 0.15) is 16.5 Å². The van der Waals surface area contributed by atoms with Crippen LogP contribution in [0.4, 0.5) is 4.79 Å². The molecule has 0 radical (unpaired) electrons. The lowest BCUT2D eigenvalue weighted by molar-refractivity contribution is -0.136. The second-order valence-corrected chi connectivity index (χ2v) is 7.14. The van der Waals surface area contributed by atoms with E-state index in [1.54, 1.807) is 11.1 Å². The van der Waals surface area contributed by atoms with Gasteiger partial charge in [-0.25, -0.2) is 9.78 Å². The highest BCUT2D eigenvalue weighted by atomic mass is 79.9. The Bertz CT molecular complexity index is 575. The maximum Gasteiger partial charge on any atom is 0.407 e. The second kappa shape index (κ2) is 7.33. The van der Waals surface area contributed by atoms with E-state index in [1.165, 1.54) is 7.11 Å². The Kier molecular flexibility index (Phi) is 5.67. The van der Waals surface area contributed by atoms with Gasteiger partial charge in [-0.05, 0) is 34.2 Å². The summed E-state index contributed by atoms with van der Waals surface area (Å²) >= 11 is 3.32. The lowest BCUT2D eigenvalue weighted by Crippen LogP contribution is -2.52. The highest BCUT2D eigenvalue weighted by molar-refractivity contribution is 9.10. The number of carbonyl (C=O) groups excluding carboxylic acids is 2. The number of imidazole rings is 1. The number of hydrogen-bond donors (Lipinski definition) is 2. The summed E-state index contributed by atoms with van der Waals surface area (Å²) in [6.07, 6.45) is 2.04. The van der Waals surface area contributed by atoms with Crippen LogP contribution in [0.25, 0.3) is 0 Å². The normalized spacial score (nSPS) is 21.0. The lowest BCUT2D eigenvalue weighted by atomic mass is 10.0. The molecule has 2 unspecified atom stereocenters. The summed E-state index contributed by atoms with van der Waals surface area (Å²) in [6.45, 7) is 6.31. The third-order valence-electron chi connectivity index (χ3n) is 4.06. The monoisotopic (exact) mass is 386 g/mol. The molecule has 8 heteroatoms. The molecule has 1 aliphatic carbocycles. The van der Waals surface area contributed by atoms with Gasteiger partial charge in [-0.2, -0.15) is 0 Å².